The molecule has 6 nitrogen and oxygen atoms in total. The van der Waals surface area contributed by atoms with Crippen molar-refractivity contribution in [2.24, 2.45) is 10.7 Å². The lowest BCUT2D eigenvalue weighted by atomic mass is 10.1. The normalized spacial score (nSPS) is 10.7. The molecule has 2 rings (SSSR count). The van der Waals surface area contributed by atoms with Crippen molar-refractivity contribution in [1.82, 2.24) is 0 Å². The number of anilines is 1. The van der Waals surface area contributed by atoms with Gasteiger partial charge in [-0.05, 0) is 41.8 Å². The van der Waals surface area contributed by atoms with E-state index in [9.17, 15) is 0 Å². The van der Waals surface area contributed by atoms with E-state index in [-0.39, 0.29) is 24.0 Å². The van der Waals surface area contributed by atoms with Gasteiger partial charge in [-0.1, -0.05) is 19.1 Å². The number of nitrogens with zero attached hydrogens (tertiary/aromatic N) is 1. The monoisotopic (exact) mass is 471 g/mol. The molecule has 26 heavy (non-hydrogen) atoms. The highest BCUT2D eigenvalue weighted by Crippen LogP contribution is 2.38. The number of methoxy groups -OCH3 is 3. The van der Waals surface area contributed by atoms with Crippen molar-refractivity contribution < 1.29 is 14.2 Å². The number of rotatable bonds is 7. The molecule has 0 unspecified atom stereocenters. The summed E-state index contributed by atoms with van der Waals surface area (Å²) in [5, 5.41) is 3.11. The predicted molar refractivity (Wildman–Crippen MR) is 116 cm³/mol. The number of aryl methyl sites for hydroxylation is 1. The summed E-state index contributed by atoms with van der Waals surface area (Å²) in [6.07, 6.45) is 0.970. The first-order valence-corrected chi connectivity index (χ1v) is 8.06. The summed E-state index contributed by atoms with van der Waals surface area (Å²) in [6, 6.07) is 11.8. The molecule has 0 bridgehead atoms. The maximum absolute atomic E-state index is 5.99. The first kappa shape index (κ1) is 21.9. The smallest absolute Gasteiger partial charge is 0.203 e. The Bertz CT molecular complexity index is 726. The van der Waals surface area contributed by atoms with Crippen LogP contribution in [0.25, 0.3) is 0 Å². The van der Waals surface area contributed by atoms with E-state index in [1.54, 1.807) is 21.3 Å². The van der Waals surface area contributed by atoms with Gasteiger partial charge in [0, 0.05) is 5.69 Å². The number of hydrogen-bond donors (Lipinski definition) is 2. The van der Waals surface area contributed by atoms with E-state index in [4.69, 9.17) is 19.9 Å². The van der Waals surface area contributed by atoms with Gasteiger partial charge in [-0.15, -0.1) is 24.0 Å². The molecular formula is C19H26IN3O3. The summed E-state index contributed by atoms with van der Waals surface area (Å²) >= 11 is 0. The van der Waals surface area contributed by atoms with Crippen molar-refractivity contribution >= 4 is 35.6 Å². The second-order valence-corrected chi connectivity index (χ2v) is 5.41. The van der Waals surface area contributed by atoms with Gasteiger partial charge in [0.25, 0.3) is 0 Å². The molecule has 142 valence electrons. The van der Waals surface area contributed by atoms with Crippen LogP contribution in [0, 0.1) is 0 Å². The van der Waals surface area contributed by atoms with Crippen molar-refractivity contribution in [2.75, 3.05) is 26.6 Å². The number of benzene rings is 2. The van der Waals surface area contributed by atoms with E-state index in [0.29, 0.717) is 29.8 Å². The summed E-state index contributed by atoms with van der Waals surface area (Å²) in [5.41, 5.74) is 9.06. The van der Waals surface area contributed by atoms with Crippen LogP contribution in [-0.2, 0) is 13.0 Å². The van der Waals surface area contributed by atoms with Gasteiger partial charge >= 0.3 is 0 Å². The highest BCUT2D eigenvalue weighted by molar-refractivity contribution is 14.0. The summed E-state index contributed by atoms with van der Waals surface area (Å²) < 4.78 is 16.0. The molecule has 0 aliphatic rings. The number of nitrogens with one attached hydrogen (secondary N) is 1. The molecule has 0 saturated carbocycles. The van der Waals surface area contributed by atoms with E-state index in [1.165, 1.54) is 5.56 Å². The third-order valence-corrected chi connectivity index (χ3v) is 3.76. The minimum atomic E-state index is 0. The van der Waals surface area contributed by atoms with Gasteiger partial charge in [-0.3, -0.25) is 0 Å². The molecule has 0 aliphatic heterocycles. The van der Waals surface area contributed by atoms with Crippen molar-refractivity contribution in [3.05, 3.63) is 47.5 Å². The second-order valence-electron chi connectivity index (χ2n) is 5.41. The van der Waals surface area contributed by atoms with Crippen LogP contribution in [0.4, 0.5) is 5.69 Å². The van der Waals surface area contributed by atoms with Crippen LogP contribution in [0.1, 0.15) is 18.1 Å². The maximum Gasteiger partial charge on any atom is 0.203 e. The Morgan fingerprint density at radius 3 is 2.19 bits per heavy atom. The lowest BCUT2D eigenvalue weighted by Gasteiger charge is -2.13. The summed E-state index contributed by atoms with van der Waals surface area (Å²) in [7, 11) is 4.74. The Labute approximate surface area is 171 Å². The van der Waals surface area contributed by atoms with Crippen molar-refractivity contribution in [3.63, 3.8) is 0 Å². The zero-order valence-electron chi connectivity index (χ0n) is 15.5. The lowest BCUT2D eigenvalue weighted by Crippen LogP contribution is -2.22. The van der Waals surface area contributed by atoms with Crippen molar-refractivity contribution in [2.45, 2.75) is 19.9 Å². The van der Waals surface area contributed by atoms with Crippen LogP contribution < -0.4 is 25.3 Å². The molecule has 0 amide bonds. The fraction of sp³-hybridized carbons (Fsp3) is 0.316. The summed E-state index contributed by atoms with van der Waals surface area (Å²) in [6.45, 7) is 2.50. The third kappa shape index (κ3) is 5.69. The van der Waals surface area contributed by atoms with Gasteiger partial charge in [0.2, 0.25) is 5.75 Å². The minimum absolute atomic E-state index is 0. The fourth-order valence-electron chi connectivity index (χ4n) is 2.46. The molecule has 2 aromatic rings. The number of halogens is 1. The molecule has 0 aliphatic carbocycles. The quantitative estimate of drug-likeness (QED) is 0.365. The van der Waals surface area contributed by atoms with Crippen LogP contribution in [0.5, 0.6) is 17.2 Å². The van der Waals surface area contributed by atoms with E-state index < -0.39 is 0 Å². The van der Waals surface area contributed by atoms with Crippen LogP contribution in [0.15, 0.2) is 41.4 Å². The Hall–Kier alpha value is -2.16. The number of hydrogen-bond acceptors (Lipinski definition) is 4. The SMILES string of the molecule is CCc1cccc(NC(N)=NCc2cc(OC)c(OC)c(OC)c2)c1.I. The molecule has 7 heteroatoms. The summed E-state index contributed by atoms with van der Waals surface area (Å²) in [5.74, 6) is 2.09. The van der Waals surface area contributed by atoms with Gasteiger partial charge in [0.15, 0.2) is 17.5 Å². The number of aliphatic imine (C=N–C) groups is 1. The molecule has 0 spiro atoms. The lowest BCUT2D eigenvalue weighted by molar-refractivity contribution is 0.324. The molecule has 0 radical (unpaired) electrons. The van der Waals surface area contributed by atoms with E-state index in [0.717, 1.165) is 17.7 Å². The van der Waals surface area contributed by atoms with Crippen LogP contribution >= 0.6 is 24.0 Å². The molecular weight excluding hydrogens is 445 g/mol. The molecule has 3 N–H and O–H groups in total. The van der Waals surface area contributed by atoms with Crippen molar-refractivity contribution in [1.29, 1.82) is 0 Å². The largest absolute Gasteiger partial charge is 0.493 e. The van der Waals surface area contributed by atoms with Gasteiger partial charge in [0.1, 0.15) is 0 Å². The zero-order chi connectivity index (χ0) is 18.2. The number of ether oxygens (including phenoxy) is 3. The predicted octanol–water partition coefficient (Wildman–Crippen LogP) is 3.82. The highest BCUT2D eigenvalue weighted by atomic mass is 127. The first-order valence-electron chi connectivity index (χ1n) is 8.06. The van der Waals surface area contributed by atoms with E-state index in [1.807, 2.05) is 24.3 Å². The Morgan fingerprint density at radius 2 is 1.65 bits per heavy atom. The van der Waals surface area contributed by atoms with Crippen LogP contribution in [0.2, 0.25) is 0 Å². The average Bonchev–Trinajstić information content (AvgIpc) is 2.65. The van der Waals surface area contributed by atoms with E-state index >= 15 is 0 Å². The van der Waals surface area contributed by atoms with Gasteiger partial charge in [-0.25, -0.2) is 4.99 Å². The second kappa shape index (κ2) is 10.7. The molecule has 0 saturated heterocycles. The maximum atomic E-state index is 5.99. The number of nitrogens with two attached hydrogens (primary N) is 1. The Kier molecular flexibility index (Phi) is 9.04. The van der Waals surface area contributed by atoms with Gasteiger partial charge in [-0.2, -0.15) is 0 Å². The average molecular weight is 471 g/mol. The number of guanidine groups is 1. The minimum Gasteiger partial charge on any atom is -0.493 e. The van der Waals surface area contributed by atoms with Gasteiger partial charge < -0.3 is 25.3 Å². The fourth-order valence-corrected chi connectivity index (χ4v) is 2.46. The zero-order valence-corrected chi connectivity index (χ0v) is 17.9. The topological polar surface area (TPSA) is 78.1 Å². The molecule has 2 aromatic carbocycles. The van der Waals surface area contributed by atoms with Crippen molar-refractivity contribution in [3.8, 4) is 17.2 Å². The third-order valence-electron chi connectivity index (χ3n) is 3.76. The highest BCUT2D eigenvalue weighted by Gasteiger charge is 2.12. The van der Waals surface area contributed by atoms with Crippen LogP contribution in [-0.4, -0.2) is 27.3 Å². The van der Waals surface area contributed by atoms with E-state index in [2.05, 4.69) is 29.4 Å². The molecule has 0 atom stereocenters. The van der Waals surface area contributed by atoms with Crippen LogP contribution in [0.3, 0.4) is 0 Å². The molecule has 0 heterocycles. The Balaban J connectivity index is 0.00000338. The van der Waals surface area contributed by atoms with Gasteiger partial charge in [0.05, 0.1) is 27.9 Å². The first-order chi connectivity index (χ1) is 12.1. The molecule has 0 aromatic heterocycles. The molecule has 0 fully saturated rings. The Morgan fingerprint density at radius 1 is 1.00 bits per heavy atom. The standard InChI is InChI=1S/C19H25N3O3.HI/c1-5-13-7-6-8-15(9-13)22-19(20)21-12-14-10-16(23-2)18(25-4)17(11-14)24-3;/h6-11H,5,12H2,1-4H3,(H3,20,21,22);1H. The summed E-state index contributed by atoms with van der Waals surface area (Å²) in [4.78, 5) is 4.38.